The number of carbonyl (C=O) groups excluding carboxylic acids is 1. The van der Waals surface area contributed by atoms with Gasteiger partial charge in [0.2, 0.25) is 0 Å². The van der Waals surface area contributed by atoms with Crippen LogP contribution in [-0.2, 0) is 16.1 Å². The number of esters is 1. The highest BCUT2D eigenvalue weighted by Gasteiger charge is 2.33. The Balaban J connectivity index is 1.53. The van der Waals surface area contributed by atoms with Crippen LogP contribution in [0.2, 0.25) is 0 Å². The summed E-state index contributed by atoms with van der Waals surface area (Å²) in [5.41, 5.74) is 4.64. The van der Waals surface area contributed by atoms with E-state index >= 15 is 0 Å². The summed E-state index contributed by atoms with van der Waals surface area (Å²) in [6.07, 6.45) is 4.02. The first-order valence-corrected chi connectivity index (χ1v) is 14.3. The fourth-order valence-corrected chi connectivity index (χ4v) is 6.40. The van der Waals surface area contributed by atoms with E-state index < -0.39 is 12.0 Å². The van der Waals surface area contributed by atoms with Crippen LogP contribution in [0.3, 0.4) is 0 Å². The van der Waals surface area contributed by atoms with Gasteiger partial charge in [-0.15, -0.1) is 0 Å². The van der Waals surface area contributed by atoms with Crippen LogP contribution in [0.15, 0.2) is 106 Å². The summed E-state index contributed by atoms with van der Waals surface area (Å²) in [5.74, 6) is 0.147. The molecule has 0 unspecified atom stereocenters. The minimum Gasteiger partial charge on any atom is -0.497 e. The lowest BCUT2D eigenvalue weighted by atomic mass is 9.95. The third-order valence-electron chi connectivity index (χ3n) is 7.23. The lowest BCUT2D eigenvalue weighted by Crippen LogP contribution is -2.39. The first kappa shape index (κ1) is 26.5. The van der Waals surface area contributed by atoms with Gasteiger partial charge in [0.15, 0.2) is 4.80 Å². The predicted octanol–water partition coefficient (Wildman–Crippen LogP) is 4.81. The van der Waals surface area contributed by atoms with E-state index in [-0.39, 0.29) is 12.2 Å². The highest BCUT2D eigenvalue weighted by molar-refractivity contribution is 7.07. The van der Waals surface area contributed by atoms with Gasteiger partial charge in [-0.2, -0.15) is 0 Å². The summed E-state index contributed by atoms with van der Waals surface area (Å²) in [5, 5.41) is 1.06. The molecule has 0 aliphatic carbocycles. The Morgan fingerprint density at radius 2 is 1.83 bits per heavy atom. The van der Waals surface area contributed by atoms with Gasteiger partial charge in [-0.3, -0.25) is 9.36 Å². The molecule has 2 aromatic heterocycles. The molecule has 1 aliphatic rings. The number of thiazole rings is 1. The molecule has 7 nitrogen and oxygen atoms in total. The van der Waals surface area contributed by atoms with Crippen molar-refractivity contribution in [3.63, 3.8) is 0 Å². The van der Waals surface area contributed by atoms with Crippen LogP contribution >= 0.6 is 11.3 Å². The Bertz CT molecular complexity index is 1980. The Hall–Kier alpha value is -4.69. The average Bonchev–Trinajstić information content (AvgIpc) is 3.49. The van der Waals surface area contributed by atoms with E-state index in [9.17, 15) is 9.59 Å². The molecule has 41 heavy (non-hydrogen) atoms. The zero-order valence-electron chi connectivity index (χ0n) is 23.0. The van der Waals surface area contributed by atoms with E-state index in [1.165, 1.54) is 16.9 Å². The SMILES string of the molecule is CCOC(=O)C1=C(C)N=c2s/c(=C\c3cn(Cc4ccccc4)c4ccccc34)c(=O)n2[C@H]1c1cccc(OC)c1. The summed E-state index contributed by atoms with van der Waals surface area (Å²) in [6, 6.07) is 25.2. The van der Waals surface area contributed by atoms with Crippen molar-refractivity contribution in [2.24, 2.45) is 4.99 Å². The topological polar surface area (TPSA) is 74.8 Å². The van der Waals surface area contributed by atoms with E-state index in [0.29, 0.717) is 32.9 Å². The van der Waals surface area contributed by atoms with Crippen molar-refractivity contribution >= 4 is 34.3 Å². The zero-order valence-corrected chi connectivity index (χ0v) is 23.9. The molecule has 3 aromatic carbocycles. The van der Waals surface area contributed by atoms with Gasteiger partial charge in [0.25, 0.3) is 5.56 Å². The van der Waals surface area contributed by atoms with Crippen molar-refractivity contribution in [3.8, 4) is 5.75 Å². The van der Waals surface area contributed by atoms with Gasteiger partial charge in [-0.1, -0.05) is 72.0 Å². The van der Waals surface area contributed by atoms with Crippen LogP contribution in [-0.4, -0.2) is 28.8 Å². The van der Waals surface area contributed by atoms with Gasteiger partial charge in [0.1, 0.15) is 5.75 Å². The third kappa shape index (κ3) is 4.91. The van der Waals surface area contributed by atoms with Gasteiger partial charge in [-0.05, 0) is 49.2 Å². The predicted molar refractivity (Wildman–Crippen MR) is 161 cm³/mol. The number of benzene rings is 3. The molecule has 0 saturated carbocycles. The molecule has 0 amide bonds. The number of carbonyl (C=O) groups is 1. The van der Waals surface area contributed by atoms with Crippen LogP contribution in [0.5, 0.6) is 5.75 Å². The van der Waals surface area contributed by atoms with Gasteiger partial charge >= 0.3 is 5.97 Å². The van der Waals surface area contributed by atoms with E-state index in [2.05, 4.69) is 35.0 Å². The number of para-hydroxylation sites is 1. The standard InChI is InChI=1S/C33H29N3O4S/c1-4-40-32(38)29-21(2)34-33-36(30(29)23-13-10-14-25(17-23)39-3)31(37)28(41-33)18-24-20-35(19-22-11-6-5-7-12-22)27-16-9-8-15-26(24)27/h5-18,20,30H,4,19H2,1-3H3/b28-18-/t30-/m0/s1. The normalized spacial score (nSPS) is 15.1. The smallest absolute Gasteiger partial charge is 0.338 e. The lowest BCUT2D eigenvalue weighted by Gasteiger charge is -2.25. The van der Waals surface area contributed by atoms with Crippen molar-refractivity contribution < 1.29 is 14.3 Å². The quantitative estimate of drug-likeness (QED) is 0.267. The third-order valence-corrected chi connectivity index (χ3v) is 8.21. The summed E-state index contributed by atoms with van der Waals surface area (Å²) in [7, 11) is 1.59. The maximum Gasteiger partial charge on any atom is 0.338 e. The van der Waals surface area contributed by atoms with E-state index in [1.807, 2.05) is 60.7 Å². The van der Waals surface area contributed by atoms with E-state index in [1.54, 1.807) is 25.5 Å². The molecular weight excluding hydrogens is 534 g/mol. The van der Waals surface area contributed by atoms with Gasteiger partial charge in [-0.25, -0.2) is 9.79 Å². The van der Waals surface area contributed by atoms with Crippen LogP contribution < -0.4 is 19.6 Å². The molecular formula is C33H29N3O4S. The summed E-state index contributed by atoms with van der Waals surface area (Å²) >= 11 is 1.32. The second kappa shape index (κ2) is 11.1. The molecule has 1 aliphatic heterocycles. The van der Waals surface area contributed by atoms with Crippen LogP contribution in [0.1, 0.15) is 36.6 Å². The molecule has 206 valence electrons. The first-order chi connectivity index (χ1) is 20.0. The molecule has 0 N–H and O–H groups in total. The molecule has 0 bridgehead atoms. The number of fused-ring (bicyclic) bond motifs is 2. The molecule has 0 saturated heterocycles. The van der Waals surface area contributed by atoms with Crippen molar-refractivity contribution in [1.82, 2.24) is 9.13 Å². The second-order valence-corrected chi connectivity index (χ2v) is 10.8. The Morgan fingerprint density at radius 3 is 2.61 bits per heavy atom. The lowest BCUT2D eigenvalue weighted by molar-refractivity contribution is -0.139. The minimum atomic E-state index is -0.693. The zero-order chi connectivity index (χ0) is 28.5. The molecule has 5 aromatic rings. The number of allylic oxidation sites excluding steroid dienone is 1. The highest BCUT2D eigenvalue weighted by Crippen LogP contribution is 2.32. The fourth-order valence-electron chi connectivity index (χ4n) is 5.36. The number of nitrogens with zero attached hydrogens (tertiary/aromatic N) is 3. The van der Waals surface area contributed by atoms with Crippen molar-refractivity contribution in [2.75, 3.05) is 13.7 Å². The molecule has 0 fully saturated rings. The molecule has 1 atom stereocenters. The van der Waals surface area contributed by atoms with Crippen molar-refractivity contribution in [1.29, 1.82) is 0 Å². The van der Waals surface area contributed by atoms with Crippen LogP contribution in [0.4, 0.5) is 0 Å². The fraction of sp³-hybridized carbons (Fsp3) is 0.182. The molecule has 3 heterocycles. The minimum absolute atomic E-state index is 0.212. The van der Waals surface area contributed by atoms with Gasteiger partial charge in [0, 0.05) is 29.2 Å². The largest absolute Gasteiger partial charge is 0.497 e. The van der Waals surface area contributed by atoms with Gasteiger partial charge in [0.05, 0.1) is 35.6 Å². The monoisotopic (exact) mass is 563 g/mol. The Kier molecular flexibility index (Phi) is 7.15. The average molecular weight is 564 g/mol. The Labute approximate surface area is 240 Å². The summed E-state index contributed by atoms with van der Waals surface area (Å²) in [4.78, 5) is 32.5. The number of hydrogen-bond acceptors (Lipinski definition) is 6. The number of hydrogen-bond donors (Lipinski definition) is 0. The van der Waals surface area contributed by atoms with Gasteiger partial charge < -0.3 is 14.0 Å². The molecule has 8 heteroatoms. The van der Waals surface area contributed by atoms with Crippen molar-refractivity contribution in [3.05, 3.63) is 133 Å². The first-order valence-electron chi connectivity index (χ1n) is 13.4. The molecule has 0 spiro atoms. The van der Waals surface area contributed by atoms with E-state index in [4.69, 9.17) is 14.5 Å². The number of ether oxygens (including phenoxy) is 2. The number of rotatable bonds is 7. The van der Waals surface area contributed by atoms with E-state index in [0.717, 1.165) is 22.0 Å². The molecule has 0 radical (unpaired) electrons. The summed E-state index contributed by atoms with van der Waals surface area (Å²) < 4.78 is 15.2. The van der Waals surface area contributed by atoms with Crippen LogP contribution in [0.25, 0.3) is 17.0 Å². The number of methoxy groups -OCH3 is 1. The molecule has 6 rings (SSSR count). The maximum absolute atomic E-state index is 14.1. The number of aromatic nitrogens is 2. The Morgan fingerprint density at radius 1 is 1.05 bits per heavy atom. The van der Waals surface area contributed by atoms with Crippen molar-refractivity contribution in [2.45, 2.75) is 26.4 Å². The van der Waals surface area contributed by atoms with Crippen LogP contribution in [0, 0.1) is 0 Å². The second-order valence-electron chi connectivity index (χ2n) is 9.79. The summed E-state index contributed by atoms with van der Waals surface area (Å²) in [6.45, 7) is 4.48. The maximum atomic E-state index is 14.1. The highest BCUT2D eigenvalue weighted by atomic mass is 32.1.